The number of hydrogen-bond donors (Lipinski definition) is 1. The number of aromatic nitrogens is 3. The largest absolute Gasteiger partial charge is 0.431 e. The zero-order chi connectivity index (χ0) is 20.1. The molecular formula is C20H23F2N5O2. The van der Waals surface area contributed by atoms with Crippen molar-refractivity contribution in [2.45, 2.75) is 44.0 Å². The predicted octanol–water partition coefficient (Wildman–Crippen LogP) is 2.29. The lowest BCUT2D eigenvalue weighted by Gasteiger charge is -2.34. The van der Waals surface area contributed by atoms with Gasteiger partial charge in [0.25, 0.3) is 0 Å². The molecule has 7 nitrogen and oxygen atoms in total. The number of ether oxygens (including phenoxy) is 2. The van der Waals surface area contributed by atoms with E-state index in [0.717, 1.165) is 19.8 Å². The van der Waals surface area contributed by atoms with Crippen molar-refractivity contribution >= 4 is 5.82 Å². The molecule has 1 unspecified atom stereocenters. The summed E-state index contributed by atoms with van der Waals surface area (Å²) in [6.07, 6.45) is 1.56. The molecule has 2 aliphatic carbocycles. The minimum Gasteiger partial charge on any atom is -0.431 e. The first kappa shape index (κ1) is 17.6. The van der Waals surface area contributed by atoms with Gasteiger partial charge in [-0.25, -0.2) is 4.98 Å². The third-order valence-electron chi connectivity index (χ3n) is 7.13. The van der Waals surface area contributed by atoms with Crippen LogP contribution < -0.4 is 10.5 Å². The monoisotopic (exact) mass is 403 g/mol. The van der Waals surface area contributed by atoms with Gasteiger partial charge in [-0.3, -0.25) is 9.58 Å². The second-order valence-corrected chi connectivity index (χ2v) is 8.84. The van der Waals surface area contributed by atoms with E-state index in [9.17, 15) is 8.78 Å². The Bertz CT molecular complexity index is 985. The van der Waals surface area contributed by atoms with Crippen LogP contribution in [0.3, 0.4) is 0 Å². The molecule has 5 aliphatic rings. The molecule has 2 saturated carbocycles. The molecule has 0 aromatic carbocycles. The molecule has 5 heterocycles. The second-order valence-electron chi connectivity index (χ2n) is 8.84. The zero-order valence-electron chi connectivity index (χ0n) is 16.3. The minimum absolute atomic E-state index is 0.0583. The summed E-state index contributed by atoms with van der Waals surface area (Å²) < 4.78 is 37.3. The Morgan fingerprint density at radius 3 is 2.72 bits per heavy atom. The van der Waals surface area contributed by atoms with Gasteiger partial charge in [0.2, 0.25) is 0 Å². The van der Waals surface area contributed by atoms with Crippen LogP contribution in [0.1, 0.15) is 25.6 Å². The van der Waals surface area contributed by atoms with Gasteiger partial charge >= 0.3 is 6.61 Å². The second kappa shape index (κ2) is 5.66. The molecule has 2 bridgehead atoms. The van der Waals surface area contributed by atoms with Crippen LogP contribution in [-0.4, -0.2) is 58.1 Å². The molecule has 2 aromatic heterocycles. The number of fused-ring (bicyclic) bond motifs is 1. The molecule has 29 heavy (non-hydrogen) atoms. The molecule has 2 aromatic rings. The minimum atomic E-state index is -2.95. The van der Waals surface area contributed by atoms with Crippen molar-refractivity contribution in [1.29, 1.82) is 0 Å². The fourth-order valence-electron chi connectivity index (χ4n) is 5.68. The number of pyridine rings is 1. The van der Waals surface area contributed by atoms with Gasteiger partial charge in [0.1, 0.15) is 0 Å². The lowest BCUT2D eigenvalue weighted by molar-refractivity contribution is -0.0601. The van der Waals surface area contributed by atoms with Crippen molar-refractivity contribution in [3.05, 3.63) is 24.0 Å². The first-order valence-electron chi connectivity index (χ1n) is 10.1. The van der Waals surface area contributed by atoms with Crippen molar-refractivity contribution in [3.8, 4) is 17.0 Å². The van der Waals surface area contributed by atoms with Gasteiger partial charge in [0.05, 0.1) is 24.9 Å². The summed E-state index contributed by atoms with van der Waals surface area (Å²) in [6.45, 7) is 4.09. The molecule has 5 fully saturated rings. The lowest BCUT2D eigenvalue weighted by Crippen LogP contribution is -2.48. The van der Waals surface area contributed by atoms with E-state index in [-0.39, 0.29) is 23.0 Å². The van der Waals surface area contributed by atoms with Crippen LogP contribution in [0.15, 0.2) is 18.3 Å². The zero-order valence-corrected chi connectivity index (χ0v) is 16.3. The molecule has 0 amide bonds. The number of hydrogen-bond acceptors (Lipinski definition) is 6. The van der Waals surface area contributed by atoms with Crippen molar-refractivity contribution in [3.63, 3.8) is 0 Å². The molecule has 9 heteroatoms. The Morgan fingerprint density at radius 2 is 2.10 bits per heavy atom. The molecule has 0 radical (unpaired) electrons. The maximum atomic E-state index is 12.7. The van der Waals surface area contributed by atoms with E-state index < -0.39 is 6.61 Å². The number of anilines is 1. The average Bonchev–Trinajstić information content (AvgIpc) is 3.19. The Balaban J connectivity index is 1.35. The Hall–Kier alpha value is -2.26. The molecular weight excluding hydrogens is 380 g/mol. The Morgan fingerprint density at radius 1 is 1.31 bits per heavy atom. The predicted molar refractivity (Wildman–Crippen MR) is 101 cm³/mol. The molecule has 7 rings (SSSR count). The van der Waals surface area contributed by atoms with E-state index in [1.165, 1.54) is 11.8 Å². The number of halogens is 2. The van der Waals surface area contributed by atoms with E-state index in [1.54, 1.807) is 6.20 Å². The number of nitrogens with zero attached hydrogens (tertiary/aromatic N) is 4. The van der Waals surface area contributed by atoms with Crippen molar-refractivity contribution in [1.82, 2.24) is 19.7 Å². The van der Waals surface area contributed by atoms with Crippen LogP contribution in [0.5, 0.6) is 5.75 Å². The summed E-state index contributed by atoms with van der Waals surface area (Å²) in [6, 6.07) is 4.95. The molecule has 2 N–H and O–H groups in total. The summed E-state index contributed by atoms with van der Waals surface area (Å²) in [5, 5.41) is 4.81. The SMILES string of the molecule is CC(C)n1nc(-c2cnc(N)c(OC(F)F)c2)cc1[C@@]12C3[C@H]1[C@H]2CN3C1COC1. The highest BCUT2D eigenvalue weighted by atomic mass is 19.3. The number of alkyl halides is 2. The van der Waals surface area contributed by atoms with Crippen LogP contribution in [-0.2, 0) is 10.2 Å². The summed E-state index contributed by atoms with van der Waals surface area (Å²) in [7, 11) is 0. The summed E-state index contributed by atoms with van der Waals surface area (Å²) in [4.78, 5) is 6.65. The van der Waals surface area contributed by atoms with Gasteiger partial charge in [0, 0.05) is 41.5 Å². The molecule has 3 saturated heterocycles. The van der Waals surface area contributed by atoms with Crippen molar-refractivity contribution < 1.29 is 18.3 Å². The number of rotatable bonds is 6. The highest BCUT2D eigenvalue weighted by molar-refractivity contribution is 5.66. The van der Waals surface area contributed by atoms with Crippen LogP contribution >= 0.6 is 0 Å². The normalized spacial score (nSPS) is 32.6. The van der Waals surface area contributed by atoms with E-state index in [0.29, 0.717) is 35.2 Å². The maximum Gasteiger partial charge on any atom is 0.387 e. The third kappa shape index (κ3) is 2.23. The Kier molecular flexibility index (Phi) is 3.43. The molecule has 3 aliphatic heterocycles. The van der Waals surface area contributed by atoms with E-state index in [2.05, 4.69) is 39.2 Å². The average molecular weight is 403 g/mol. The topological polar surface area (TPSA) is 78.4 Å². The number of nitrogen functional groups attached to an aromatic ring is 1. The van der Waals surface area contributed by atoms with E-state index in [4.69, 9.17) is 15.6 Å². The fourth-order valence-corrected chi connectivity index (χ4v) is 5.68. The van der Waals surface area contributed by atoms with Crippen molar-refractivity contribution in [2.24, 2.45) is 11.8 Å². The lowest BCUT2D eigenvalue weighted by atomic mass is 10.0. The van der Waals surface area contributed by atoms with Gasteiger partial charge in [-0.2, -0.15) is 13.9 Å². The molecule has 154 valence electrons. The van der Waals surface area contributed by atoms with Crippen LogP contribution in [0.25, 0.3) is 11.3 Å². The first-order chi connectivity index (χ1) is 13.9. The summed E-state index contributed by atoms with van der Waals surface area (Å²) >= 11 is 0. The first-order valence-corrected chi connectivity index (χ1v) is 10.1. The van der Waals surface area contributed by atoms with E-state index >= 15 is 0 Å². The number of piperidine rings is 1. The highest BCUT2D eigenvalue weighted by Crippen LogP contribution is 2.86. The van der Waals surface area contributed by atoms with Gasteiger partial charge in [-0.1, -0.05) is 0 Å². The number of nitrogens with two attached hydrogens (primary N) is 1. The quantitative estimate of drug-likeness (QED) is 0.798. The summed E-state index contributed by atoms with van der Waals surface area (Å²) in [5.41, 5.74) is 8.47. The smallest absolute Gasteiger partial charge is 0.387 e. The van der Waals surface area contributed by atoms with E-state index in [1.807, 2.05) is 0 Å². The fraction of sp³-hybridized carbons (Fsp3) is 0.600. The van der Waals surface area contributed by atoms with Gasteiger partial charge in [0.15, 0.2) is 11.6 Å². The Labute approximate surface area is 166 Å². The molecule has 0 spiro atoms. The van der Waals surface area contributed by atoms with Crippen LogP contribution in [0.4, 0.5) is 14.6 Å². The van der Waals surface area contributed by atoms with Crippen LogP contribution in [0.2, 0.25) is 0 Å². The summed E-state index contributed by atoms with van der Waals surface area (Å²) in [5.74, 6) is 1.23. The highest BCUT2D eigenvalue weighted by Gasteiger charge is 2.94. The standard InChI is InChI=1S/C20H23F2N5O2/c1-9(2)27-15(20-12-6-26(11-7-28-8-11)17(20)16(12)20)4-13(25-27)10-3-14(29-19(21)22)18(23)24-5-10/h3-5,9,11-12,16-17,19H,6-8H2,1-2H3,(H2,23,24)/t12-,16-,17?,20-/m1/s1. The van der Waals surface area contributed by atoms with Gasteiger partial charge in [-0.15, -0.1) is 0 Å². The third-order valence-corrected chi connectivity index (χ3v) is 7.13. The van der Waals surface area contributed by atoms with Crippen LogP contribution in [0, 0.1) is 11.8 Å². The van der Waals surface area contributed by atoms with Gasteiger partial charge in [-0.05, 0) is 37.8 Å². The molecule has 4 atom stereocenters. The maximum absolute atomic E-state index is 12.7. The van der Waals surface area contributed by atoms with Crippen molar-refractivity contribution in [2.75, 3.05) is 25.5 Å². The van der Waals surface area contributed by atoms with Gasteiger partial charge < -0.3 is 15.2 Å².